The second-order valence-corrected chi connectivity index (χ2v) is 7.71. The molecule has 7 nitrogen and oxygen atoms in total. The van der Waals surface area contributed by atoms with Gasteiger partial charge in [0.05, 0.1) is 19.0 Å². The first kappa shape index (κ1) is 20.7. The van der Waals surface area contributed by atoms with Crippen LogP contribution >= 0.6 is 11.8 Å². The van der Waals surface area contributed by atoms with Gasteiger partial charge in [0.25, 0.3) is 0 Å². The molecule has 0 saturated carbocycles. The maximum Gasteiger partial charge on any atom is 0.234 e. The number of benzene rings is 1. The standard InChI is InChI=1S/C20H29N5O2S/c1-3-5-6-16-7-9-17(10-8-16)21-18(26)15-28-20-23-22-19(25(20)4-2)24-11-13-27-14-12-24/h7-10H,3-6,11-15H2,1-2H3,(H,21,26). The summed E-state index contributed by atoms with van der Waals surface area (Å²) in [6.07, 6.45) is 3.46. The molecule has 3 rings (SSSR count). The van der Waals surface area contributed by atoms with E-state index in [0.29, 0.717) is 19.0 Å². The van der Waals surface area contributed by atoms with Crippen molar-refractivity contribution >= 4 is 29.3 Å². The molecular weight excluding hydrogens is 374 g/mol. The molecule has 1 aliphatic heterocycles. The van der Waals surface area contributed by atoms with Gasteiger partial charge in [-0.15, -0.1) is 10.2 Å². The van der Waals surface area contributed by atoms with E-state index >= 15 is 0 Å². The topological polar surface area (TPSA) is 72.3 Å². The van der Waals surface area contributed by atoms with Gasteiger partial charge in [0.1, 0.15) is 0 Å². The lowest BCUT2D eigenvalue weighted by Gasteiger charge is -2.27. The van der Waals surface area contributed by atoms with Crippen LogP contribution in [0.1, 0.15) is 32.3 Å². The van der Waals surface area contributed by atoms with E-state index in [1.54, 1.807) is 0 Å². The molecule has 0 bridgehead atoms. The van der Waals surface area contributed by atoms with Crippen LogP contribution < -0.4 is 10.2 Å². The lowest BCUT2D eigenvalue weighted by Crippen LogP contribution is -2.38. The first-order valence-corrected chi connectivity index (χ1v) is 11.0. The fourth-order valence-corrected chi connectivity index (χ4v) is 3.92. The van der Waals surface area contributed by atoms with Crippen molar-refractivity contribution in [1.82, 2.24) is 14.8 Å². The summed E-state index contributed by atoms with van der Waals surface area (Å²) < 4.78 is 7.47. The zero-order chi connectivity index (χ0) is 19.8. The van der Waals surface area contributed by atoms with E-state index in [-0.39, 0.29) is 5.91 Å². The number of ether oxygens (including phenoxy) is 1. The fourth-order valence-electron chi connectivity index (χ4n) is 3.12. The van der Waals surface area contributed by atoms with Crippen molar-refractivity contribution in [3.05, 3.63) is 29.8 Å². The van der Waals surface area contributed by atoms with E-state index in [4.69, 9.17) is 4.74 Å². The second kappa shape index (κ2) is 10.5. The minimum Gasteiger partial charge on any atom is -0.378 e. The van der Waals surface area contributed by atoms with E-state index in [0.717, 1.165) is 42.8 Å². The van der Waals surface area contributed by atoms with Gasteiger partial charge in [-0.1, -0.05) is 37.2 Å². The second-order valence-electron chi connectivity index (χ2n) is 6.76. The molecule has 1 aliphatic rings. The predicted octanol–water partition coefficient (Wildman–Crippen LogP) is 3.21. The van der Waals surface area contributed by atoms with Crippen molar-refractivity contribution in [2.75, 3.05) is 42.3 Å². The first-order valence-electron chi connectivity index (χ1n) is 9.98. The van der Waals surface area contributed by atoms with Crippen LogP contribution in [-0.2, 0) is 22.5 Å². The molecule has 1 amide bonds. The summed E-state index contributed by atoms with van der Waals surface area (Å²) in [5.74, 6) is 1.13. The van der Waals surface area contributed by atoms with Crippen LogP contribution in [0.25, 0.3) is 0 Å². The number of morpholine rings is 1. The monoisotopic (exact) mass is 403 g/mol. The number of thioether (sulfide) groups is 1. The molecule has 0 unspecified atom stereocenters. The smallest absolute Gasteiger partial charge is 0.234 e. The average molecular weight is 404 g/mol. The lowest BCUT2D eigenvalue weighted by atomic mass is 10.1. The largest absolute Gasteiger partial charge is 0.378 e. The molecule has 0 atom stereocenters. The third-order valence-corrected chi connectivity index (χ3v) is 5.66. The fraction of sp³-hybridized carbons (Fsp3) is 0.550. The van der Waals surface area contributed by atoms with E-state index in [2.05, 4.69) is 51.0 Å². The highest BCUT2D eigenvalue weighted by Crippen LogP contribution is 2.23. The Morgan fingerprint density at radius 3 is 2.61 bits per heavy atom. The Labute approximate surface area is 170 Å². The van der Waals surface area contributed by atoms with Crippen LogP contribution in [0.3, 0.4) is 0 Å². The van der Waals surface area contributed by atoms with Gasteiger partial charge in [-0.3, -0.25) is 9.36 Å². The Balaban J connectivity index is 1.53. The average Bonchev–Trinajstić information content (AvgIpc) is 3.15. The van der Waals surface area contributed by atoms with E-state index in [9.17, 15) is 4.79 Å². The number of hydrogen-bond acceptors (Lipinski definition) is 6. The normalized spacial score (nSPS) is 14.3. The zero-order valence-corrected chi connectivity index (χ0v) is 17.5. The SMILES string of the molecule is CCCCc1ccc(NC(=O)CSc2nnc(N3CCOCC3)n2CC)cc1. The van der Waals surface area contributed by atoms with Crippen molar-refractivity contribution in [2.24, 2.45) is 0 Å². The van der Waals surface area contributed by atoms with Crippen molar-refractivity contribution in [1.29, 1.82) is 0 Å². The molecule has 1 saturated heterocycles. The minimum absolute atomic E-state index is 0.0371. The third-order valence-electron chi connectivity index (χ3n) is 4.70. The summed E-state index contributed by atoms with van der Waals surface area (Å²) in [6.45, 7) is 8.07. The van der Waals surface area contributed by atoms with Gasteiger partial charge in [-0.05, 0) is 37.5 Å². The number of nitrogens with one attached hydrogen (secondary N) is 1. The Morgan fingerprint density at radius 1 is 1.18 bits per heavy atom. The molecule has 0 spiro atoms. The number of amides is 1. The minimum atomic E-state index is -0.0371. The van der Waals surface area contributed by atoms with Crippen molar-refractivity contribution in [3.63, 3.8) is 0 Å². The van der Waals surface area contributed by atoms with Gasteiger partial charge in [0.2, 0.25) is 11.9 Å². The Bertz CT molecular complexity index is 756. The van der Waals surface area contributed by atoms with Gasteiger partial charge in [-0.2, -0.15) is 0 Å². The number of carbonyl (C=O) groups is 1. The molecule has 8 heteroatoms. The highest BCUT2D eigenvalue weighted by Gasteiger charge is 2.20. The predicted molar refractivity (Wildman–Crippen MR) is 113 cm³/mol. The Kier molecular flexibility index (Phi) is 7.73. The molecule has 1 aromatic carbocycles. The number of aryl methyl sites for hydroxylation is 1. The Morgan fingerprint density at radius 2 is 1.93 bits per heavy atom. The van der Waals surface area contributed by atoms with E-state index in [1.807, 2.05) is 12.1 Å². The molecule has 1 N–H and O–H groups in total. The number of hydrogen-bond donors (Lipinski definition) is 1. The van der Waals surface area contributed by atoms with Crippen LogP contribution in [0.2, 0.25) is 0 Å². The summed E-state index contributed by atoms with van der Waals surface area (Å²) in [5, 5.41) is 12.4. The number of anilines is 2. The first-order chi connectivity index (χ1) is 13.7. The third kappa shape index (κ3) is 5.48. The molecule has 2 heterocycles. The van der Waals surface area contributed by atoms with Gasteiger partial charge >= 0.3 is 0 Å². The number of carbonyl (C=O) groups excluding carboxylic acids is 1. The molecule has 152 valence electrons. The molecule has 1 fully saturated rings. The zero-order valence-electron chi connectivity index (χ0n) is 16.7. The summed E-state index contributed by atoms with van der Waals surface area (Å²) in [5.41, 5.74) is 2.14. The van der Waals surface area contributed by atoms with Gasteiger partial charge in [-0.25, -0.2) is 0 Å². The maximum atomic E-state index is 12.3. The van der Waals surface area contributed by atoms with Crippen LogP contribution in [0.5, 0.6) is 0 Å². The van der Waals surface area contributed by atoms with Gasteiger partial charge in [0.15, 0.2) is 5.16 Å². The lowest BCUT2D eigenvalue weighted by molar-refractivity contribution is -0.113. The highest BCUT2D eigenvalue weighted by molar-refractivity contribution is 7.99. The summed E-state index contributed by atoms with van der Waals surface area (Å²) in [7, 11) is 0. The summed E-state index contributed by atoms with van der Waals surface area (Å²) in [4.78, 5) is 14.5. The van der Waals surface area contributed by atoms with E-state index in [1.165, 1.54) is 30.2 Å². The van der Waals surface area contributed by atoms with Crippen LogP contribution in [0.4, 0.5) is 11.6 Å². The molecule has 28 heavy (non-hydrogen) atoms. The number of unbranched alkanes of at least 4 members (excludes halogenated alkanes) is 1. The number of nitrogens with zero attached hydrogens (tertiary/aromatic N) is 4. The molecule has 0 radical (unpaired) electrons. The molecule has 0 aliphatic carbocycles. The number of aromatic nitrogens is 3. The van der Waals surface area contributed by atoms with Crippen LogP contribution in [-0.4, -0.2) is 52.7 Å². The van der Waals surface area contributed by atoms with Gasteiger partial charge < -0.3 is 15.0 Å². The highest BCUT2D eigenvalue weighted by atomic mass is 32.2. The number of rotatable bonds is 9. The molecule has 1 aromatic heterocycles. The van der Waals surface area contributed by atoms with E-state index < -0.39 is 0 Å². The molecule has 2 aromatic rings. The van der Waals surface area contributed by atoms with Crippen molar-refractivity contribution in [3.8, 4) is 0 Å². The maximum absolute atomic E-state index is 12.3. The van der Waals surface area contributed by atoms with Crippen molar-refractivity contribution in [2.45, 2.75) is 44.8 Å². The van der Waals surface area contributed by atoms with Crippen molar-refractivity contribution < 1.29 is 9.53 Å². The Hall–Kier alpha value is -2.06. The van der Waals surface area contributed by atoms with Gasteiger partial charge in [0, 0.05) is 25.3 Å². The summed E-state index contributed by atoms with van der Waals surface area (Å²) in [6, 6.07) is 8.11. The molecular formula is C20H29N5O2S. The van der Waals surface area contributed by atoms with Crippen LogP contribution in [0, 0.1) is 0 Å². The quantitative estimate of drug-likeness (QED) is 0.648. The van der Waals surface area contributed by atoms with Crippen LogP contribution in [0.15, 0.2) is 29.4 Å². The summed E-state index contributed by atoms with van der Waals surface area (Å²) >= 11 is 1.42.